The molecule has 74 valence electrons. The van der Waals surface area contributed by atoms with E-state index in [2.05, 4.69) is 0 Å². The van der Waals surface area contributed by atoms with E-state index in [1.165, 1.54) is 4.31 Å². The van der Waals surface area contributed by atoms with E-state index in [0.29, 0.717) is 12.5 Å². The summed E-state index contributed by atoms with van der Waals surface area (Å²) < 4.78 is 24.0. The zero-order chi connectivity index (χ0) is 9.78. The monoisotopic (exact) mass is 213 g/mol. The van der Waals surface area contributed by atoms with Crippen LogP contribution in [-0.4, -0.2) is 37.9 Å². The van der Waals surface area contributed by atoms with E-state index < -0.39 is 10.0 Å². The van der Waals surface area contributed by atoms with Crippen LogP contribution in [0.4, 0.5) is 0 Å². The Morgan fingerprint density at radius 3 is 2.25 bits per heavy atom. The van der Waals surface area contributed by atoms with Gasteiger partial charge < -0.3 is 0 Å². The second-order valence-electron chi connectivity index (χ2n) is 3.18. The first kappa shape index (κ1) is 12.2. The van der Waals surface area contributed by atoms with Gasteiger partial charge in [0.15, 0.2) is 0 Å². The number of sulfonamides is 1. The van der Waals surface area contributed by atoms with Gasteiger partial charge in [0.25, 0.3) is 0 Å². The van der Waals surface area contributed by atoms with Gasteiger partial charge in [0.05, 0.1) is 5.75 Å². The van der Waals surface area contributed by atoms with Crippen molar-refractivity contribution >= 4 is 21.6 Å². The van der Waals surface area contributed by atoms with Crippen molar-refractivity contribution in [1.82, 2.24) is 4.31 Å². The highest BCUT2D eigenvalue weighted by Crippen LogP contribution is 2.03. The zero-order valence-electron chi connectivity index (χ0n) is 7.75. The van der Waals surface area contributed by atoms with E-state index in [0.717, 1.165) is 0 Å². The van der Waals surface area contributed by atoms with Crippen LogP contribution >= 0.6 is 11.6 Å². The van der Waals surface area contributed by atoms with Gasteiger partial charge in [0, 0.05) is 19.5 Å². The van der Waals surface area contributed by atoms with E-state index in [1.807, 2.05) is 13.8 Å². The maximum Gasteiger partial charge on any atom is 0.215 e. The molecule has 5 heteroatoms. The minimum Gasteiger partial charge on any atom is -0.212 e. The van der Waals surface area contributed by atoms with Gasteiger partial charge in [0.2, 0.25) is 10.0 Å². The van der Waals surface area contributed by atoms with Gasteiger partial charge in [-0.1, -0.05) is 13.8 Å². The highest BCUT2D eigenvalue weighted by molar-refractivity contribution is 7.89. The first-order valence-corrected chi connectivity index (χ1v) is 6.04. The molecular formula is C7H16ClNO2S. The number of nitrogens with zero attached hydrogens (tertiary/aromatic N) is 1. The minimum atomic E-state index is -3.10. The van der Waals surface area contributed by atoms with Crippen LogP contribution in [-0.2, 0) is 10.0 Å². The largest absolute Gasteiger partial charge is 0.215 e. The van der Waals surface area contributed by atoms with Crippen molar-refractivity contribution in [2.75, 3.05) is 25.2 Å². The molecule has 0 rings (SSSR count). The minimum absolute atomic E-state index is 0.0256. The van der Waals surface area contributed by atoms with Gasteiger partial charge in [0.1, 0.15) is 0 Å². The van der Waals surface area contributed by atoms with Crippen LogP contribution in [0.2, 0.25) is 0 Å². The third kappa shape index (κ3) is 4.28. The maximum absolute atomic E-state index is 11.3. The summed E-state index contributed by atoms with van der Waals surface area (Å²) >= 11 is 5.36. The fourth-order valence-corrected chi connectivity index (χ4v) is 2.50. The fourth-order valence-electron chi connectivity index (χ4n) is 0.881. The predicted molar refractivity (Wildman–Crippen MR) is 52.0 cm³/mol. The molecule has 0 aromatic rings. The van der Waals surface area contributed by atoms with Crippen molar-refractivity contribution in [3.8, 4) is 0 Å². The molecule has 0 saturated heterocycles. The maximum atomic E-state index is 11.3. The quantitative estimate of drug-likeness (QED) is 0.643. The summed E-state index contributed by atoms with van der Waals surface area (Å²) in [4.78, 5) is 0. The number of hydrogen-bond donors (Lipinski definition) is 0. The molecule has 0 aliphatic carbocycles. The Hall–Kier alpha value is 0.200. The second-order valence-corrected chi connectivity index (χ2v) is 5.75. The number of hydrogen-bond acceptors (Lipinski definition) is 2. The molecule has 12 heavy (non-hydrogen) atoms. The molecular weight excluding hydrogens is 198 g/mol. The van der Waals surface area contributed by atoms with Crippen molar-refractivity contribution in [3.63, 3.8) is 0 Å². The zero-order valence-corrected chi connectivity index (χ0v) is 9.32. The van der Waals surface area contributed by atoms with Crippen LogP contribution < -0.4 is 0 Å². The average Bonchev–Trinajstić information content (AvgIpc) is 1.85. The molecule has 0 amide bonds. The lowest BCUT2D eigenvalue weighted by Crippen LogP contribution is -2.32. The molecule has 3 nitrogen and oxygen atoms in total. The Bertz CT molecular complexity index is 213. The van der Waals surface area contributed by atoms with Crippen LogP contribution in [0.5, 0.6) is 0 Å². The van der Waals surface area contributed by atoms with Crippen LogP contribution in [0.15, 0.2) is 0 Å². The molecule has 0 spiro atoms. The van der Waals surface area contributed by atoms with E-state index in [4.69, 9.17) is 11.6 Å². The van der Waals surface area contributed by atoms with Crippen molar-refractivity contribution in [2.45, 2.75) is 13.8 Å². The molecule has 0 unspecified atom stereocenters. The Balaban J connectivity index is 4.16. The highest BCUT2D eigenvalue weighted by Gasteiger charge is 2.17. The lowest BCUT2D eigenvalue weighted by atomic mass is 10.2. The highest BCUT2D eigenvalue weighted by atomic mass is 35.5. The van der Waals surface area contributed by atoms with Crippen molar-refractivity contribution in [2.24, 2.45) is 5.92 Å². The summed E-state index contributed by atoms with van der Waals surface area (Å²) in [6.45, 7) is 4.51. The molecule has 0 saturated carbocycles. The van der Waals surface area contributed by atoms with E-state index in [-0.39, 0.29) is 11.6 Å². The molecule has 0 heterocycles. The third-order valence-corrected chi connectivity index (χ3v) is 3.66. The van der Waals surface area contributed by atoms with Gasteiger partial charge in [-0.2, -0.15) is 0 Å². The van der Waals surface area contributed by atoms with Gasteiger partial charge in [-0.3, -0.25) is 0 Å². The summed E-state index contributed by atoms with van der Waals surface area (Å²) in [7, 11) is -1.52. The molecule has 0 aromatic heterocycles. The molecule has 0 fully saturated rings. The van der Waals surface area contributed by atoms with Gasteiger partial charge >= 0.3 is 0 Å². The fraction of sp³-hybridized carbons (Fsp3) is 1.00. The predicted octanol–water partition coefficient (Wildman–Crippen LogP) is 1.14. The molecule has 0 aliphatic heterocycles. The lowest BCUT2D eigenvalue weighted by Gasteiger charge is -2.18. The molecule has 0 radical (unpaired) electrons. The van der Waals surface area contributed by atoms with Crippen molar-refractivity contribution < 1.29 is 8.42 Å². The first-order chi connectivity index (χ1) is 5.40. The average molecular weight is 214 g/mol. The summed E-state index contributed by atoms with van der Waals surface area (Å²) in [5.41, 5.74) is 0. The number of alkyl halides is 1. The van der Waals surface area contributed by atoms with Crippen molar-refractivity contribution in [1.29, 1.82) is 0 Å². The summed E-state index contributed by atoms with van der Waals surface area (Å²) in [6, 6.07) is 0. The van der Waals surface area contributed by atoms with Crippen LogP contribution in [0.25, 0.3) is 0 Å². The van der Waals surface area contributed by atoms with Crippen molar-refractivity contribution in [3.05, 3.63) is 0 Å². The summed E-state index contributed by atoms with van der Waals surface area (Å²) in [5.74, 6) is 0.530. The van der Waals surface area contributed by atoms with Crippen LogP contribution in [0.1, 0.15) is 13.8 Å². The summed E-state index contributed by atoms with van der Waals surface area (Å²) in [5, 5.41) is 0. The second kappa shape index (κ2) is 5.04. The lowest BCUT2D eigenvalue weighted by molar-refractivity contribution is 0.418. The Morgan fingerprint density at radius 1 is 1.42 bits per heavy atom. The van der Waals surface area contributed by atoms with Crippen LogP contribution in [0.3, 0.4) is 0 Å². The van der Waals surface area contributed by atoms with Gasteiger partial charge in [-0.25, -0.2) is 12.7 Å². The van der Waals surface area contributed by atoms with E-state index in [1.54, 1.807) is 7.05 Å². The van der Waals surface area contributed by atoms with Gasteiger partial charge in [-0.15, -0.1) is 11.6 Å². The first-order valence-electron chi connectivity index (χ1n) is 3.90. The molecule has 0 atom stereocenters. The Morgan fingerprint density at radius 2 is 1.92 bits per heavy atom. The SMILES string of the molecule is CC(C)CN(C)S(=O)(=O)CCCl. The summed E-state index contributed by atoms with van der Waals surface area (Å²) in [6.07, 6.45) is 0. The number of halogens is 1. The molecule has 0 N–H and O–H groups in total. The van der Waals surface area contributed by atoms with Crippen LogP contribution in [0, 0.1) is 5.92 Å². The number of rotatable bonds is 5. The topological polar surface area (TPSA) is 37.4 Å². The normalized spacial score (nSPS) is 12.8. The third-order valence-electron chi connectivity index (χ3n) is 1.43. The standard InChI is InChI=1S/C7H16ClNO2S/c1-7(2)6-9(3)12(10,11)5-4-8/h7H,4-6H2,1-3H3. The molecule has 0 aromatic carbocycles. The smallest absolute Gasteiger partial charge is 0.212 e. The molecule has 0 aliphatic rings. The Labute approximate surface area is 79.8 Å². The van der Waals surface area contributed by atoms with E-state index >= 15 is 0 Å². The Kier molecular flexibility index (Phi) is 5.13. The molecule has 0 bridgehead atoms. The van der Waals surface area contributed by atoms with Gasteiger partial charge in [-0.05, 0) is 5.92 Å². The van der Waals surface area contributed by atoms with E-state index in [9.17, 15) is 8.42 Å².